The first kappa shape index (κ1) is 12.6. The summed E-state index contributed by atoms with van der Waals surface area (Å²) in [7, 11) is 0. The van der Waals surface area contributed by atoms with Gasteiger partial charge in [0.15, 0.2) is 0 Å². The summed E-state index contributed by atoms with van der Waals surface area (Å²) in [4.78, 5) is 36.9. The smallest absolute Gasteiger partial charge is 0.257 e. The maximum absolute atomic E-state index is 12.4. The number of piperidine rings is 1. The van der Waals surface area contributed by atoms with E-state index >= 15 is 0 Å². The summed E-state index contributed by atoms with van der Waals surface area (Å²) < 4.78 is 0. The largest absolute Gasteiger partial charge is 0.322 e. The van der Waals surface area contributed by atoms with E-state index in [0.717, 1.165) is 5.56 Å². The van der Waals surface area contributed by atoms with Crippen LogP contribution in [0.25, 0.3) is 0 Å². The molecule has 2 aliphatic heterocycles. The number of carbonyl (C=O) groups is 3. The molecule has 0 bridgehead atoms. The van der Waals surface area contributed by atoms with Crippen LogP contribution in [0.1, 0.15) is 28.8 Å². The van der Waals surface area contributed by atoms with Crippen LogP contribution in [0.3, 0.4) is 0 Å². The summed E-state index contributed by atoms with van der Waals surface area (Å²) in [5.74, 6) is -1.07. The van der Waals surface area contributed by atoms with E-state index in [-0.39, 0.29) is 18.2 Å². The van der Waals surface area contributed by atoms with E-state index in [1.54, 1.807) is 18.2 Å². The van der Waals surface area contributed by atoms with Crippen molar-refractivity contribution in [2.24, 2.45) is 0 Å². The van der Waals surface area contributed by atoms with E-state index in [0.29, 0.717) is 24.2 Å². The molecule has 0 spiro atoms. The molecule has 2 aliphatic rings. The van der Waals surface area contributed by atoms with Crippen molar-refractivity contribution in [3.05, 3.63) is 29.3 Å². The summed E-state index contributed by atoms with van der Waals surface area (Å²) in [5.41, 5.74) is 3.44. The molecular formula is C13H13N3O4. The van der Waals surface area contributed by atoms with Crippen LogP contribution < -0.4 is 10.8 Å². The van der Waals surface area contributed by atoms with Crippen LogP contribution in [0.5, 0.6) is 0 Å². The van der Waals surface area contributed by atoms with Crippen molar-refractivity contribution < 1.29 is 19.6 Å². The Balaban J connectivity index is 1.90. The van der Waals surface area contributed by atoms with Gasteiger partial charge < -0.3 is 4.90 Å². The van der Waals surface area contributed by atoms with Gasteiger partial charge in [0.25, 0.3) is 5.91 Å². The lowest BCUT2D eigenvalue weighted by molar-refractivity contribution is -0.136. The molecule has 1 aromatic carbocycles. The molecule has 0 saturated carbocycles. The van der Waals surface area contributed by atoms with Crippen LogP contribution in [0.4, 0.5) is 5.69 Å². The van der Waals surface area contributed by atoms with Crippen molar-refractivity contribution in [2.75, 3.05) is 5.48 Å². The van der Waals surface area contributed by atoms with Crippen molar-refractivity contribution in [3.63, 3.8) is 0 Å². The van der Waals surface area contributed by atoms with Crippen LogP contribution in [-0.4, -0.2) is 33.9 Å². The normalized spacial score (nSPS) is 21.8. The van der Waals surface area contributed by atoms with Crippen LogP contribution in [0.2, 0.25) is 0 Å². The molecule has 7 heteroatoms. The second kappa shape index (κ2) is 4.61. The second-order valence-corrected chi connectivity index (χ2v) is 4.85. The molecule has 2 heterocycles. The van der Waals surface area contributed by atoms with Gasteiger partial charge in [0.2, 0.25) is 11.8 Å². The molecular weight excluding hydrogens is 262 g/mol. The Labute approximate surface area is 114 Å². The third-order valence-corrected chi connectivity index (χ3v) is 3.67. The average molecular weight is 275 g/mol. The topological polar surface area (TPSA) is 98.7 Å². The Kier molecular flexibility index (Phi) is 2.90. The van der Waals surface area contributed by atoms with Gasteiger partial charge in [0.1, 0.15) is 6.04 Å². The Hall–Kier alpha value is -2.41. The zero-order chi connectivity index (χ0) is 14.3. The Morgan fingerprint density at radius 1 is 1.30 bits per heavy atom. The minimum atomic E-state index is -0.640. The molecule has 104 valence electrons. The fraction of sp³-hybridized carbons (Fsp3) is 0.308. The molecule has 1 aromatic rings. The highest BCUT2D eigenvalue weighted by Crippen LogP contribution is 2.31. The highest BCUT2D eigenvalue weighted by atomic mass is 16.5. The number of benzene rings is 1. The zero-order valence-electron chi connectivity index (χ0n) is 10.5. The molecule has 0 aliphatic carbocycles. The minimum Gasteiger partial charge on any atom is -0.322 e. The summed E-state index contributed by atoms with van der Waals surface area (Å²) >= 11 is 0. The van der Waals surface area contributed by atoms with E-state index < -0.39 is 11.9 Å². The minimum absolute atomic E-state index is 0.224. The van der Waals surface area contributed by atoms with E-state index in [9.17, 15) is 14.4 Å². The number of imide groups is 1. The average Bonchev–Trinajstić information content (AvgIpc) is 2.76. The van der Waals surface area contributed by atoms with Crippen LogP contribution in [-0.2, 0) is 16.1 Å². The maximum atomic E-state index is 12.4. The van der Waals surface area contributed by atoms with Gasteiger partial charge in [-0.15, -0.1) is 0 Å². The van der Waals surface area contributed by atoms with E-state index in [1.165, 1.54) is 4.90 Å². The molecule has 7 nitrogen and oxygen atoms in total. The summed E-state index contributed by atoms with van der Waals surface area (Å²) in [6.45, 7) is 0.302. The van der Waals surface area contributed by atoms with Crippen molar-refractivity contribution >= 4 is 23.4 Å². The number of anilines is 1. The molecule has 1 fully saturated rings. The molecule has 3 amide bonds. The predicted octanol–water partition coefficient (Wildman–Crippen LogP) is 0.249. The number of fused-ring (bicyclic) bond motifs is 1. The van der Waals surface area contributed by atoms with Gasteiger partial charge >= 0.3 is 0 Å². The first-order valence-corrected chi connectivity index (χ1v) is 6.28. The quantitative estimate of drug-likeness (QED) is 0.531. The van der Waals surface area contributed by atoms with Gasteiger partial charge in [0, 0.05) is 13.0 Å². The Bertz CT molecular complexity index is 614. The number of nitrogens with zero attached hydrogens (tertiary/aromatic N) is 1. The van der Waals surface area contributed by atoms with E-state index in [4.69, 9.17) is 5.21 Å². The molecule has 1 saturated heterocycles. The Morgan fingerprint density at radius 2 is 2.10 bits per heavy atom. The number of amides is 3. The zero-order valence-corrected chi connectivity index (χ0v) is 10.5. The third-order valence-electron chi connectivity index (χ3n) is 3.67. The van der Waals surface area contributed by atoms with E-state index in [1.807, 2.05) is 5.48 Å². The molecule has 1 atom stereocenters. The van der Waals surface area contributed by atoms with Crippen molar-refractivity contribution in [1.82, 2.24) is 10.2 Å². The lowest BCUT2D eigenvalue weighted by atomic mass is 10.0. The Morgan fingerprint density at radius 3 is 2.80 bits per heavy atom. The summed E-state index contributed by atoms with van der Waals surface area (Å²) in [5, 5.41) is 11.3. The van der Waals surface area contributed by atoms with E-state index in [2.05, 4.69) is 5.32 Å². The van der Waals surface area contributed by atoms with Gasteiger partial charge in [0.05, 0.1) is 11.3 Å². The lowest BCUT2D eigenvalue weighted by Crippen LogP contribution is -2.52. The molecule has 3 rings (SSSR count). The molecule has 3 N–H and O–H groups in total. The highest BCUT2D eigenvalue weighted by Gasteiger charge is 2.39. The second-order valence-electron chi connectivity index (χ2n) is 4.85. The molecule has 0 aromatic heterocycles. The van der Waals surface area contributed by atoms with Gasteiger partial charge in [-0.2, -0.15) is 0 Å². The summed E-state index contributed by atoms with van der Waals surface area (Å²) in [6, 6.07) is 4.45. The van der Waals surface area contributed by atoms with Crippen molar-refractivity contribution in [3.8, 4) is 0 Å². The number of nitrogens with one attached hydrogen (secondary N) is 2. The number of carbonyl (C=O) groups excluding carboxylic acids is 3. The maximum Gasteiger partial charge on any atom is 0.257 e. The standard InChI is InChI=1S/C13H13N3O4/c17-10-5-4-9(12(18)14-10)16-6-7-2-1-3-8(15-20)11(7)13(16)19/h1-3,9,15,20H,4-6H2,(H,14,17,18). The first-order chi connectivity index (χ1) is 9.61. The fourth-order valence-corrected chi connectivity index (χ4v) is 2.71. The monoisotopic (exact) mass is 275 g/mol. The van der Waals surface area contributed by atoms with Gasteiger partial charge in [-0.05, 0) is 18.1 Å². The highest BCUT2D eigenvalue weighted by molar-refractivity contribution is 6.07. The van der Waals surface area contributed by atoms with Crippen molar-refractivity contribution in [2.45, 2.75) is 25.4 Å². The third kappa shape index (κ3) is 1.83. The van der Waals surface area contributed by atoms with Gasteiger partial charge in [-0.25, -0.2) is 0 Å². The van der Waals surface area contributed by atoms with Gasteiger partial charge in [-0.1, -0.05) is 12.1 Å². The first-order valence-electron chi connectivity index (χ1n) is 6.28. The fourth-order valence-electron chi connectivity index (χ4n) is 2.71. The number of hydrogen-bond donors (Lipinski definition) is 3. The molecule has 20 heavy (non-hydrogen) atoms. The lowest BCUT2D eigenvalue weighted by Gasteiger charge is -2.29. The van der Waals surface area contributed by atoms with Crippen LogP contribution in [0.15, 0.2) is 18.2 Å². The van der Waals surface area contributed by atoms with Gasteiger partial charge in [-0.3, -0.25) is 30.4 Å². The molecule has 0 radical (unpaired) electrons. The summed E-state index contributed by atoms with van der Waals surface area (Å²) in [6.07, 6.45) is 0.550. The molecule has 1 unspecified atom stereocenters. The predicted molar refractivity (Wildman–Crippen MR) is 67.9 cm³/mol. The number of hydrogen-bond acceptors (Lipinski definition) is 5. The number of rotatable bonds is 2. The van der Waals surface area contributed by atoms with Crippen LogP contribution in [0, 0.1) is 0 Å². The van der Waals surface area contributed by atoms with Crippen molar-refractivity contribution in [1.29, 1.82) is 0 Å². The van der Waals surface area contributed by atoms with Crippen LogP contribution >= 0.6 is 0 Å². The SMILES string of the molecule is O=C1CCC(N2Cc3cccc(NO)c3C2=O)C(=O)N1.